The van der Waals surface area contributed by atoms with Crippen molar-refractivity contribution in [2.75, 3.05) is 6.61 Å². The van der Waals surface area contributed by atoms with E-state index in [1.54, 1.807) is 20.8 Å². The summed E-state index contributed by atoms with van der Waals surface area (Å²) in [7, 11) is -3.75. The van der Waals surface area contributed by atoms with E-state index in [-0.39, 0.29) is 49.6 Å². The fourth-order valence-corrected chi connectivity index (χ4v) is 3.63. The molecular weight excluding hydrogens is 668 g/mol. The number of aliphatic hydroxyl groups excluding tert-OH is 1. The Bertz CT molecular complexity index is 968. The van der Waals surface area contributed by atoms with Crippen LogP contribution in [0.1, 0.15) is 161 Å². The molecule has 13 heteroatoms. The zero-order chi connectivity index (χ0) is 39.9. The summed E-state index contributed by atoms with van der Waals surface area (Å²) in [6.45, 7) is 27.8. The molecule has 1 aliphatic rings. The molecule has 0 aromatic rings. The minimum atomic E-state index is -3.75. The molecule has 0 spiro atoms. The van der Waals surface area contributed by atoms with Gasteiger partial charge in [-0.15, -0.1) is 0 Å². The molecule has 1 fully saturated rings. The molecule has 1 aliphatic heterocycles. The smallest absolute Gasteiger partial charge is 0.333 e. The molecule has 50 heavy (non-hydrogen) atoms. The monoisotopic (exact) mass is 742 g/mol. The second kappa shape index (κ2) is 34.0. The van der Waals surface area contributed by atoms with Crippen LogP contribution >= 0.6 is 0 Å². The molecule has 0 aliphatic carbocycles. The van der Waals surface area contributed by atoms with Crippen molar-refractivity contribution in [3.05, 3.63) is 12.2 Å². The molecule has 1 rings (SSSR count). The van der Waals surface area contributed by atoms with Gasteiger partial charge in [-0.25, -0.2) is 4.79 Å². The highest BCUT2D eigenvalue weighted by Crippen LogP contribution is 2.23. The number of aliphatic hydroxyl groups is 1. The third-order valence-corrected chi connectivity index (χ3v) is 8.55. The predicted molar refractivity (Wildman–Crippen MR) is 199 cm³/mol. The van der Waals surface area contributed by atoms with Gasteiger partial charge in [0, 0.05) is 18.9 Å². The molecule has 0 radical (unpaired) electrons. The number of esters is 3. The van der Waals surface area contributed by atoms with E-state index in [1.165, 1.54) is 26.7 Å². The van der Waals surface area contributed by atoms with Gasteiger partial charge in [0.05, 0.1) is 42.4 Å². The van der Waals surface area contributed by atoms with E-state index in [2.05, 4.69) is 27.4 Å². The Balaban J connectivity index is -0.000000279. The van der Waals surface area contributed by atoms with E-state index in [1.807, 2.05) is 34.6 Å². The van der Waals surface area contributed by atoms with E-state index in [0.717, 1.165) is 38.5 Å². The average Bonchev–Trinajstić information content (AvgIpc) is 3.05. The average molecular weight is 743 g/mol. The molecule has 0 aromatic carbocycles. The highest BCUT2D eigenvalue weighted by Gasteiger charge is 2.25. The molecule has 7 unspecified atom stereocenters. The number of ether oxygens (including phenoxy) is 5. The summed E-state index contributed by atoms with van der Waals surface area (Å²) >= 11 is 0. The Labute approximate surface area is 305 Å². The van der Waals surface area contributed by atoms with Crippen LogP contribution in [-0.4, -0.2) is 84.7 Å². The summed E-state index contributed by atoms with van der Waals surface area (Å²) < 4.78 is 54.6. The second-order valence-electron chi connectivity index (χ2n) is 12.5. The van der Waals surface area contributed by atoms with Gasteiger partial charge in [-0.1, -0.05) is 54.5 Å². The maximum Gasteiger partial charge on any atom is 0.333 e. The highest BCUT2D eigenvalue weighted by molar-refractivity contribution is 7.86. The third-order valence-electron chi connectivity index (χ3n) is 7.20. The fourth-order valence-electron chi connectivity index (χ4n) is 3.21. The van der Waals surface area contributed by atoms with Crippen molar-refractivity contribution in [1.29, 1.82) is 0 Å². The topological polar surface area (TPSA) is 172 Å². The molecule has 1 saturated heterocycles. The molecular formula is C37H74O12S. The molecule has 1 heterocycles. The van der Waals surface area contributed by atoms with Gasteiger partial charge in [-0.05, 0) is 99.3 Å². The molecule has 0 amide bonds. The van der Waals surface area contributed by atoms with Crippen LogP contribution in [0.15, 0.2) is 12.2 Å². The summed E-state index contributed by atoms with van der Waals surface area (Å²) in [5.74, 6) is -0.865. The third kappa shape index (κ3) is 38.7. The van der Waals surface area contributed by atoms with E-state index >= 15 is 0 Å². The summed E-state index contributed by atoms with van der Waals surface area (Å²) in [5.41, 5.74) is 0.363. The van der Waals surface area contributed by atoms with Crippen LogP contribution in [0.5, 0.6) is 0 Å². The Kier molecular flexibility index (Phi) is 37.3. The number of carbonyl (C=O) groups excluding carboxylic acids is 3. The SMILES string of the molecule is C=C(C)C(=O)OCCCC(=O)OC(C)CC.CCC(C)O.CCC(C)OC(C)=O.CCC(C)S(=O)(=O)O.CCCCC1OC(C)CC(CC)O1. The van der Waals surface area contributed by atoms with Crippen molar-refractivity contribution in [2.24, 2.45) is 0 Å². The van der Waals surface area contributed by atoms with Gasteiger partial charge in [0.1, 0.15) is 0 Å². The molecule has 300 valence electrons. The summed E-state index contributed by atoms with van der Waals surface area (Å²) in [6.07, 6.45) is 10.2. The minimum absolute atomic E-state index is 0.0505. The first-order valence-electron chi connectivity index (χ1n) is 18.3. The van der Waals surface area contributed by atoms with E-state index in [4.69, 9.17) is 33.3 Å². The van der Waals surface area contributed by atoms with Crippen molar-refractivity contribution in [3.63, 3.8) is 0 Å². The number of unbranched alkanes of at least 4 members (excludes halogenated alkanes) is 1. The highest BCUT2D eigenvalue weighted by atomic mass is 32.2. The Hall–Kier alpha value is -2.06. The first-order chi connectivity index (χ1) is 23.1. The molecule has 7 atom stereocenters. The van der Waals surface area contributed by atoms with E-state index in [0.29, 0.717) is 30.6 Å². The maximum atomic E-state index is 11.2. The van der Waals surface area contributed by atoms with Gasteiger partial charge in [-0.2, -0.15) is 8.42 Å². The van der Waals surface area contributed by atoms with E-state index < -0.39 is 21.3 Å². The van der Waals surface area contributed by atoms with Crippen molar-refractivity contribution >= 4 is 28.0 Å². The lowest BCUT2D eigenvalue weighted by atomic mass is 10.1. The largest absolute Gasteiger partial charge is 0.463 e. The lowest BCUT2D eigenvalue weighted by Crippen LogP contribution is -2.36. The lowest BCUT2D eigenvalue weighted by Gasteiger charge is -2.33. The number of hydrogen-bond donors (Lipinski definition) is 2. The zero-order valence-electron chi connectivity index (χ0n) is 33.6. The van der Waals surface area contributed by atoms with Gasteiger partial charge in [0.2, 0.25) is 0 Å². The first kappa shape index (κ1) is 54.7. The lowest BCUT2D eigenvalue weighted by molar-refractivity contribution is -0.241. The van der Waals surface area contributed by atoms with E-state index in [9.17, 15) is 22.8 Å². The molecule has 12 nitrogen and oxygen atoms in total. The van der Waals surface area contributed by atoms with Crippen molar-refractivity contribution in [3.8, 4) is 0 Å². The molecule has 2 N–H and O–H groups in total. The summed E-state index contributed by atoms with van der Waals surface area (Å²) in [4.78, 5) is 32.4. The van der Waals surface area contributed by atoms with Gasteiger partial charge in [0.25, 0.3) is 10.1 Å². The Morgan fingerprint density at radius 2 is 1.38 bits per heavy atom. The zero-order valence-corrected chi connectivity index (χ0v) is 34.4. The van der Waals surface area contributed by atoms with Crippen LogP contribution in [0.25, 0.3) is 0 Å². The fraction of sp³-hybridized carbons (Fsp3) is 0.865. The summed E-state index contributed by atoms with van der Waals surface area (Å²) in [5, 5.41) is 7.74. The maximum absolute atomic E-state index is 11.2. The van der Waals surface area contributed by atoms with Crippen LogP contribution in [0.4, 0.5) is 0 Å². The number of carbonyl (C=O) groups is 3. The van der Waals surface area contributed by atoms with Crippen LogP contribution in [0.2, 0.25) is 0 Å². The van der Waals surface area contributed by atoms with Gasteiger partial charge >= 0.3 is 17.9 Å². The van der Waals surface area contributed by atoms with Gasteiger partial charge < -0.3 is 28.8 Å². The van der Waals surface area contributed by atoms with Crippen molar-refractivity contribution in [1.82, 2.24) is 0 Å². The van der Waals surface area contributed by atoms with Crippen molar-refractivity contribution < 1.29 is 56.1 Å². The Morgan fingerprint density at radius 1 is 0.860 bits per heavy atom. The Morgan fingerprint density at radius 3 is 1.72 bits per heavy atom. The molecule has 0 saturated carbocycles. The predicted octanol–water partition coefficient (Wildman–Crippen LogP) is 8.13. The van der Waals surface area contributed by atoms with Crippen LogP contribution in [0.3, 0.4) is 0 Å². The van der Waals surface area contributed by atoms with Crippen LogP contribution in [-0.2, 0) is 48.2 Å². The normalized spacial score (nSPS) is 18.9. The minimum Gasteiger partial charge on any atom is -0.463 e. The van der Waals surface area contributed by atoms with Gasteiger partial charge in [0.15, 0.2) is 6.29 Å². The van der Waals surface area contributed by atoms with Crippen molar-refractivity contribution in [2.45, 2.75) is 203 Å². The first-order valence-corrected chi connectivity index (χ1v) is 19.8. The molecule has 0 aromatic heterocycles. The number of hydrogen-bond acceptors (Lipinski definition) is 11. The summed E-state index contributed by atoms with van der Waals surface area (Å²) in [6, 6.07) is 0. The van der Waals surface area contributed by atoms with Crippen LogP contribution < -0.4 is 0 Å². The standard InChI is InChI=1S/C12H20O4.C11H22O2.C6H12O2.C4H10O3S.C4H10O/c1-5-10(4)16-11(13)7-6-8-15-12(14)9(2)3;1-4-6-7-11-12-9(3)8-10(5-2)13-11;1-4-5(2)8-6(3)7;1-3-4(2)8(5,6)7;1-3-4(2)5/h10H,2,5-8H2,1,3-4H3;9-11H,4-8H2,1-3H3;5H,4H2,1-3H3;4H,3H2,1-2H3,(H,5,6,7);4-5H,3H2,1-2H3. The molecule has 0 bridgehead atoms. The van der Waals surface area contributed by atoms with Crippen LogP contribution in [0, 0.1) is 0 Å². The number of rotatable bonds is 16. The second-order valence-corrected chi connectivity index (χ2v) is 14.3. The van der Waals surface area contributed by atoms with Gasteiger partial charge in [-0.3, -0.25) is 14.1 Å². The quantitative estimate of drug-likeness (QED) is 0.0512.